The molecule has 120 valence electrons. The SMILES string of the molecule is C=C(C)CNCC1(CC)CC1.CC.Cc1cccc(C)c1. The Morgan fingerprint density at radius 3 is 2.00 bits per heavy atom. The fourth-order valence-corrected chi connectivity index (χ4v) is 2.18. The predicted molar refractivity (Wildman–Crippen MR) is 96.9 cm³/mol. The molecule has 1 aliphatic carbocycles. The van der Waals surface area contributed by atoms with Gasteiger partial charge in [0.25, 0.3) is 0 Å². The van der Waals surface area contributed by atoms with E-state index in [1.54, 1.807) is 0 Å². The van der Waals surface area contributed by atoms with Crippen LogP contribution in [0.15, 0.2) is 36.4 Å². The van der Waals surface area contributed by atoms with Crippen LogP contribution in [0.5, 0.6) is 0 Å². The summed E-state index contributed by atoms with van der Waals surface area (Å²) in [6.07, 6.45) is 4.18. The second-order valence-electron chi connectivity index (χ2n) is 6.07. The van der Waals surface area contributed by atoms with Crippen molar-refractivity contribution in [3.63, 3.8) is 0 Å². The summed E-state index contributed by atoms with van der Waals surface area (Å²) >= 11 is 0. The molecule has 21 heavy (non-hydrogen) atoms. The van der Waals surface area contributed by atoms with Gasteiger partial charge >= 0.3 is 0 Å². The average Bonchev–Trinajstić information content (AvgIpc) is 3.22. The van der Waals surface area contributed by atoms with Crippen LogP contribution in [-0.2, 0) is 0 Å². The van der Waals surface area contributed by atoms with E-state index in [2.05, 4.69) is 63.9 Å². The lowest BCUT2D eigenvalue weighted by Gasteiger charge is -2.12. The molecule has 2 rings (SSSR count). The third kappa shape index (κ3) is 9.47. The topological polar surface area (TPSA) is 12.0 Å². The highest BCUT2D eigenvalue weighted by Gasteiger charge is 2.39. The van der Waals surface area contributed by atoms with Crippen molar-refractivity contribution in [3.05, 3.63) is 47.5 Å². The molecule has 0 unspecified atom stereocenters. The summed E-state index contributed by atoms with van der Waals surface area (Å²) in [6.45, 7) is 18.6. The fraction of sp³-hybridized carbons (Fsp3) is 0.600. The summed E-state index contributed by atoms with van der Waals surface area (Å²) in [5.41, 5.74) is 4.59. The van der Waals surface area contributed by atoms with Gasteiger partial charge in [0.2, 0.25) is 0 Å². The summed E-state index contributed by atoms with van der Waals surface area (Å²) < 4.78 is 0. The summed E-state index contributed by atoms with van der Waals surface area (Å²) in [5, 5.41) is 3.44. The van der Waals surface area contributed by atoms with E-state index >= 15 is 0 Å². The second kappa shape index (κ2) is 10.6. The Kier molecular flexibility index (Phi) is 10.1. The zero-order valence-corrected chi connectivity index (χ0v) is 15.1. The maximum atomic E-state index is 3.86. The molecular weight excluding hydrogens is 254 g/mol. The van der Waals surface area contributed by atoms with Crippen LogP contribution in [0, 0.1) is 19.3 Å². The molecule has 1 nitrogen and oxygen atoms in total. The molecule has 1 N–H and O–H groups in total. The fourth-order valence-electron chi connectivity index (χ4n) is 2.18. The van der Waals surface area contributed by atoms with E-state index in [0.29, 0.717) is 5.41 Å². The first kappa shape index (κ1) is 19.9. The summed E-state index contributed by atoms with van der Waals surface area (Å²) in [4.78, 5) is 0. The van der Waals surface area contributed by atoms with Gasteiger partial charge in [-0.25, -0.2) is 0 Å². The largest absolute Gasteiger partial charge is 0.312 e. The minimum Gasteiger partial charge on any atom is -0.312 e. The van der Waals surface area contributed by atoms with E-state index in [9.17, 15) is 0 Å². The first-order chi connectivity index (χ1) is 9.97. The molecular formula is C20H35N. The first-order valence-electron chi connectivity index (χ1n) is 8.36. The van der Waals surface area contributed by atoms with Crippen LogP contribution in [0.4, 0.5) is 0 Å². The van der Waals surface area contributed by atoms with Gasteiger partial charge in [-0.1, -0.05) is 68.3 Å². The molecule has 0 aliphatic heterocycles. The molecule has 1 aliphatic rings. The van der Waals surface area contributed by atoms with Gasteiger partial charge in [-0.15, -0.1) is 0 Å². The molecule has 1 saturated carbocycles. The van der Waals surface area contributed by atoms with Crippen molar-refractivity contribution in [2.24, 2.45) is 5.41 Å². The Balaban J connectivity index is 0.000000354. The Morgan fingerprint density at radius 1 is 1.19 bits per heavy atom. The highest BCUT2D eigenvalue weighted by Crippen LogP contribution is 2.47. The minimum absolute atomic E-state index is 0.676. The van der Waals surface area contributed by atoms with Gasteiger partial charge in [0.05, 0.1) is 0 Å². The van der Waals surface area contributed by atoms with Crippen LogP contribution < -0.4 is 5.32 Å². The van der Waals surface area contributed by atoms with Gasteiger partial charge in [-0.2, -0.15) is 0 Å². The van der Waals surface area contributed by atoms with E-state index in [0.717, 1.165) is 6.54 Å². The van der Waals surface area contributed by atoms with Gasteiger partial charge in [0, 0.05) is 13.1 Å². The van der Waals surface area contributed by atoms with E-state index in [1.807, 2.05) is 13.8 Å². The highest BCUT2D eigenvalue weighted by atomic mass is 14.9. The minimum atomic E-state index is 0.676. The number of rotatable bonds is 5. The van der Waals surface area contributed by atoms with Gasteiger partial charge in [-0.3, -0.25) is 0 Å². The lowest BCUT2D eigenvalue weighted by molar-refractivity contribution is 0.454. The Bertz CT molecular complexity index is 385. The molecule has 0 radical (unpaired) electrons. The van der Waals surface area contributed by atoms with Crippen LogP contribution in [0.1, 0.15) is 58.1 Å². The zero-order valence-electron chi connectivity index (χ0n) is 15.1. The van der Waals surface area contributed by atoms with Crippen molar-refractivity contribution in [3.8, 4) is 0 Å². The number of nitrogens with one attached hydrogen (secondary N) is 1. The van der Waals surface area contributed by atoms with Gasteiger partial charge < -0.3 is 5.32 Å². The van der Waals surface area contributed by atoms with Gasteiger partial charge in [-0.05, 0) is 45.4 Å². The van der Waals surface area contributed by atoms with Crippen molar-refractivity contribution in [2.75, 3.05) is 13.1 Å². The van der Waals surface area contributed by atoms with Gasteiger partial charge in [0.1, 0.15) is 0 Å². The third-order valence-corrected chi connectivity index (χ3v) is 3.81. The van der Waals surface area contributed by atoms with E-state index in [-0.39, 0.29) is 0 Å². The van der Waals surface area contributed by atoms with Crippen LogP contribution in [0.25, 0.3) is 0 Å². The molecule has 1 aromatic carbocycles. The molecule has 1 fully saturated rings. The maximum absolute atomic E-state index is 3.86. The van der Waals surface area contributed by atoms with Crippen LogP contribution in [0.2, 0.25) is 0 Å². The Hall–Kier alpha value is -1.08. The number of aryl methyl sites for hydroxylation is 2. The van der Waals surface area contributed by atoms with Gasteiger partial charge in [0.15, 0.2) is 0 Å². The Labute approximate surface area is 132 Å². The van der Waals surface area contributed by atoms with Crippen LogP contribution in [-0.4, -0.2) is 13.1 Å². The third-order valence-electron chi connectivity index (χ3n) is 3.81. The lowest BCUT2D eigenvalue weighted by atomic mass is 10.0. The molecule has 0 heterocycles. The molecule has 0 spiro atoms. The van der Waals surface area contributed by atoms with Crippen molar-refractivity contribution in [2.45, 2.75) is 60.8 Å². The first-order valence-corrected chi connectivity index (χ1v) is 8.36. The van der Waals surface area contributed by atoms with E-state index in [4.69, 9.17) is 0 Å². The number of hydrogen-bond donors (Lipinski definition) is 1. The van der Waals surface area contributed by atoms with Crippen molar-refractivity contribution < 1.29 is 0 Å². The molecule has 1 heteroatoms. The monoisotopic (exact) mass is 289 g/mol. The number of benzene rings is 1. The van der Waals surface area contributed by atoms with Crippen molar-refractivity contribution in [1.82, 2.24) is 5.32 Å². The maximum Gasteiger partial charge on any atom is 0.0159 e. The lowest BCUT2D eigenvalue weighted by Crippen LogP contribution is -2.24. The summed E-state index contributed by atoms with van der Waals surface area (Å²) in [6, 6.07) is 8.45. The normalized spacial score (nSPS) is 14.2. The average molecular weight is 290 g/mol. The van der Waals surface area contributed by atoms with Crippen LogP contribution >= 0.6 is 0 Å². The number of hydrogen-bond acceptors (Lipinski definition) is 1. The second-order valence-corrected chi connectivity index (χ2v) is 6.07. The highest BCUT2D eigenvalue weighted by molar-refractivity contribution is 5.20. The smallest absolute Gasteiger partial charge is 0.0159 e. The van der Waals surface area contributed by atoms with Crippen molar-refractivity contribution >= 4 is 0 Å². The molecule has 0 aromatic heterocycles. The summed E-state index contributed by atoms with van der Waals surface area (Å²) in [5.74, 6) is 0. The quantitative estimate of drug-likeness (QED) is 0.688. The molecule has 0 atom stereocenters. The predicted octanol–water partition coefficient (Wildman–Crippen LogP) is 5.67. The molecule has 0 bridgehead atoms. The summed E-state index contributed by atoms with van der Waals surface area (Å²) in [7, 11) is 0. The van der Waals surface area contributed by atoms with Crippen molar-refractivity contribution in [1.29, 1.82) is 0 Å². The molecule has 1 aromatic rings. The standard InChI is InChI=1S/C10H19N.C8H10.C2H6/c1-4-10(5-6-10)8-11-7-9(2)3;1-7-4-3-5-8(2)6-7;1-2/h11H,2,4-8H2,1,3H3;3-6H,1-2H3;1-2H3. The van der Waals surface area contributed by atoms with E-state index < -0.39 is 0 Å². The van der Waals surface area contributed by atoms with E-state index in [1.165, 1.54) is 42.5 Å². The molecule has 0 saturated heterocycles. The molecule has 0 amide bonds. The Morgan fingerprint density at radius 2 is 1.71 bits per heavy atom. The van der Waals surface area contributed by atoms with Crippen LogP contribution in [0.3, 0.4) is 0 Å². The zero-order chi connectivity index (χ0) is 16.3.